The maximum absolute atomic E-state index is 11.7. The van der Waals surface area contributed by atoms with Crippen molar-refractivity contribution in [1.82, 2.24) is 14.8 Å². The molecule has 0 bridgehead atoms. The molecule has 0 amide bonds. The Labute approximate surface area is 134 Å². The molecular formula is C14H26BrN3OS. The van der Waals surface area contributed by atoms with Gasteiger partial charge < -0.3 is 0 Å². The van der Waals surface area contributed by atoms with E-state index < -0.39 is 0 Å². The van der Waals surface area contributed by atoms with Gasteiger partial charge in [-0.15, -0.1) is 5.10 Å². The summed E-state index contributed by atoms with van der Waals surface area (Å²) < 4.78 is 1.74. The van der Waals surface area contributed by atoms with Crippen molar-refractivity contribution in [3.63, 3.8) is 0 Å². The number of aromatic amines is 1. The normalized spacial score (nSPS) is 12.3. The smallest absolute Gasteiger partial charge is 0.268 e. The molecule has 0 unspecified atom stereocenters. The second-order valence-corrected chi connectivity index (χ2v) is 7.20. The van der Waals surface area contributed by atoms with Gasteiger partial charge in [-0.3, -0.25) is 4.57 Å². The van der Waals surface area contributed by atoms with E-state index in [0.717, 1.165) is 16.2 Å². The molecule has 6 heteroatoms. The summed E-state index contributed by atoms with van der Waals surface area (Å²) in [7, 11) is 0. The van der Waals surface area contributed by atoms with E-state index >= 15 is 0 Å². The first-order valence-corrected chi connectivity index (χ1v) is 9.46. The number of aromatic nitrogens is 3. The number of rotatable bonds is 9. The lowest BCUT2D eigenvalue weighted by atomic mass is 9.83. The molecule has 0 radical (unpaired) electrons. The first-order chi connectivity index (χ1) is 9.49. The lowest BCUT2D eigenvalue weighted by Gasteiger charge is -2.31. The van der Waals surface area contributed by atoms with Gasteiger partial charge in [0.2, 0.25) is 0 Å². The summed E-state index contributed by atoms with van der Waals surface area (Å²) in [6.45, 7) is 8.49. The van der Waals surface area contributed by atoms with E-state index in [1.165, 1.54) is 25.7 Å². The minimum absolute atomic E-state index is 0.113. The molecule has 0 aromatic carbocycles. The van der Waals surface area contributed by atoms with Crippen molar-refractivity contribution in [3.05, 3.63) is 10.5 Å². The van der Waals surface area contributed by atoms with Crippen LogP contribution in [0.5, 0.6) is 0 Å². The molecule has 0 aliphatic rings. The lowest BCUT2D eigenvalue weighted by Crippen LogP contribution is -2.26. The van der Waals surface area contributed by atoms with E-state index in [2.05, 4.69) is 40.0 Å². The number of halogens is 1. The largest absolute Gasteiger partial charge is 0.344 e. The molecule has 0 aliphatic carbocycles. The van der Waals surface area contributed by atoms with E-state index in [1.807, 2.05) is 13.8 Å². The molecule has 0 atom stereocenters. The van der Waals surface area contributed by atoms with Crippen LogP contribution in [0, 0.1) is 5.41 Å². The standard InChI is InChI=1S/C14H26BrN3OS/c1-5-7-14(9-15,8-6-2)10-20-13-17-16-12(19)18(13)11(3)4/h11H,5-10H2,1-4H3,(H,16,19). The van der Waals surface area contributed by atoms with Crippen molar-refractivity contribution < 1.29 is 0 Å². The number of nitrogens with zero attached hydrogens (tertiary/aromatic N) is 2. The highest BCUT2D eigenvalue weighted by atomic mass is 79.9. The third-order valence-corrected chi connectivity index (χ3v) is 6.03. The van der Waals surface area contributed by atoms with Crippen LogP contribution in [0.4, 0.5) is 0 Å². The average molecular weight is 364 g/mol. The lowest BCUT2D eigenvalue weighted by molar-refractivity contribution is 0.319. The molecule has 0 spiro atoms. The van der Waals surface area contributed by atoms with Crippen molar-refractivity contribution >= 4 is 27.7 Å². The predicted molar refractivity (Wildman–Crippen MR) is 90.0 cm³/mol. The highest BCUT2D eigenvalue weighted by molar-refractivity contribution is 9.09. The Morgan fingerprint density at radius 1 is 1.35 bits per heavy atom. The van der Waals surface area contributed by atoms with Gasteiger partial charge in [-0.2, -0.15) is 0 Å². The Bertz CT molecular complexity index is 450. The molecule has 0 saturated carbocycles. The van der Waals surface area contributed by atoms with E-state index in [-0.39, 0.29) is 11.7 Å². The number of nitrogens with one attached hydrogen (secondary N) is 1. The minimum Gasteiger partial charge on any atom is -0.268 e. The van der Waals surface area contributed by atoms with Crippen LogP contribution >= 0.6 is 27.7 Å². The quantitative estimate of drug-likeness (QED) is 0.527. The van der Waals surface area contributed by atoms with Gasteiger partial charge in [0, 0.05) is 17.1 Å². The van der Waals surface area contributed by atoms with Crippen LogP contribution in [0.3, 0.4) is 0 Å². The van der Waals surface area contributed by atoms with Crippen molar-refractivity contribution in [1.29, 1.82) is 0 Å². The van der Waals surface area contributed by atoms with Crippen LogP contribution in [0.25, 0.3) is 0 Å². The van der Waals surface area contributed by atoms with Gasteiger partial charge in [-0.25, -0.2) is 9.89 Å². The summed E-state index contributed by atoms with van der Waals surface area (Å²) in [5.74, 6) is 0.997. The molecule has 0 saturated heterocycles. The maximum Gasteiger partial charge on any atom is 0.344 e. The summed E-state index contributed by atoms with van der Waals surface area (Å²) in [6.07, 6.45) is 4.78. The summed E-state index contributed by atoms with van der Waals surface area (Å²) in [6, 6.07) is 0.138. The zero-order valence-corrected chi connectivity index (χ0v) is 15.3. The summed E-state index contributed by atoms with van der Waals surface area (Å²) >= 11 is 5.39. The van der Waals surface area contributed by atoms with E-state index in [9.17, 15) is 4.79 Å². The molecule has 4 nitrogen and oxygen atoms in total. The molecular weight excluding hydrogens is 338 g/mol. The third-order valence-electron chi connectivity index (χ3n) is 3.54. The fraction of sp³-hybridized carbons (Fsp3) is 0.857. The molecule has 1 heterocycles. The molecule has 0 fully saturated rings. The Morgan fingerprint density at radius 2 is 1.95 bits per heavy atom. The van der Waals surface area contributed by atoms with E-state index in [1.54, 1.807) is 16.3 Å². The molecule has 1 rings (SSSR count). The Hall–Kier alpha value is -0.230. The SMILES string of the molecule is CCCC(CBr)(CCC)CSc1n[nH]c(=O)n1C(C)C. The second kappa shape index (κ2) is 8.27. The number of H-pyrrole nitrogens is 1. The predicted octanol–water partition coefficient (Wildman–Crippen LogP) is 4.23. The average Bonchev–Trinajstić information content (AvgIpc) is 2.78. The highest BCUT2D eigenvalue weighted by Gasteiger charge is 2.28. The summed E-state index contributed by atoms with van der Waals surface area (Å²) in [5.41, 5.74) is 0.184. The maximum atomic E-state index is 11.7. The molecule has 116 valence electrons. The molecule has 1 aromatic heterocycles. The summed E-state index contributed by atoms with van der Waals surface area (Å²) in [5, 5.41) is 8.54. The van der Waals surface area contributed by atoms with Gasteiger partial charge in [0.1, 0.15) is 0 Å². The minimum atomic E-state index is -0.113. The fourth-order valence-electron chi connectivity index (χ4n) is 2.57. The Morgan fingerprint density at radius 3 is 2.40 bits per heavy atom. The van der Waals surface area contributed by atoms with Gasteiger partial charge in [0.05, 0.1) is 0 Å². The Balaban J connectivity index is 2.84. The zero-order chi connectivity index (χ0) is 15.2. The van der Waals surface area contributed by atoms with Crippen molar-refractivity contribution in [2.24, 2.45) is 5.41 Å². The third kappa shape index (κ3) is 4.38. The van der Waals surface area contributed by atoms with Gasteiger partial charge in [0.15, 0.2) is 5.16 Å². The number of alkyl halides is 1. The van der Waals surface area contributed by atoms with Crippen LogP contribution < -0.4 is 5.69 Å². The van der Waals surface area contributed by atoms with Gasteiger partial charge in [0.25, 0.3) is 0 Å². The van der Waals surface area contributed by atoms with Crippen LogP contribution in [0.1, 0.15) is 59.4 Å². The van der Waals surface area contributed by atoms with Crippen molar-refractivity contribution in [3.8, 4) is 0 Å². The monoisotopic (exact) mass is 363 g/mol. The van der Waals surface area contributed by atoms with Crippen molar-refractivity contribution in [2.45, 2.75) is 64.6 Å². The molecule has 20 heavy (non-hydrogen) atoms. The molecule has 0 aliphatic heterocycles. The van der Waals surface area contributed by atoms with E-state index in [4.69, 9.17) is 0 Å². The van der Waals surface area contributed by atoms with E-state index in [0.29, 0.717) is 5.41 Å². The van der Waals surface area contributed by atoms with Crippen LogP contribution in [0.2, 0.25) is 0 Å². The van der Waals surface area contributed by atoms with Crippen LogP contribution in [0.15, 0.2) is 9.95 Å². The van der Waals surface area contributed by atoms with Crippen molar-refractivity contribution in [2.75, 3.05) is 11.1 Å². The second-order valence-electron chi connectivity index (χ2n) is 5.70. The zero-order valence-electron chi connectivity index (χ0n) is 12.9. The first-order valence-electron chi connectivity index (χ1n) is 7.35. The van der Waals surface area contributed by atoms with Gasteiger partial charge in [-0.1, -0.05) is 54.4 Å². The fourth-order valence-corrected chi connectivity index (χ4v) is 4.96. The molecule has 1 aromatic rings. The van der Waals surface area contributed by atoms with Gasteiger partial charge >= 0.3 is 5.69 Å². The van der Waals surface area contributed by atoms with Crippen LogP contribution in [-0.4, -0.2) is 25.8 Å². The first kappa shape index (κ1) is 17.8. The summed E-state index contributed by atoms with van der Waals surface area (Å²) in [4.78, 5) is 11.7. The Kier molecular flexibility index (Phi) is 7.37. The number of hydrogen-bond donors (Lipinski definition) is 1. The number of thioether (sulfide) groups is 1. The van der Waals surface area contributed by atoms with Gasteiger partial charge in [-0.05, 0) is 32.1 Å². The van der Waals surface area contributed by atoms with Crippen LogP contribution in [-0.2, 0) is 0 Å². The number of hydrogen-bond acceptors (Lipinski definition) is 3. The highest BCUT2D eigenvalue weighted by Crippen LogP contribution is 2.37. The topological polar surface area (TPSA) is 50.7 Å². The molecule has 1 N–H and O–H groups in total.